The minimum atomic E-state index is 0.657. The molecule has 2 aliphatic rings. The van der Waals surface area contributed by atoms with Gasteiger partial charge in [0.1, 0.15) is 6.29 Å². The highest BCUT2D eigenvalue weighted by Crippen LogP contribution is 2.33. The summed E-state index contributed by atoms with van der Waals surface area (Å²) < 4.78 is 0. The van der Waals surface area contributed by atoms with E-state index in [1.165, 1.54) is 57.4 Å². The zero-order valence-electron chi connectivity index (χ0n) is 21.4. The molecule has 0 radical (unpaired) electrons. The monoisotopic (exact) mass is 525 g/mol. The molecule has 0 N–H and O–H groups in total. The van der Waals surface area contributed by atoms with Gasteiger partial charge in [-0.3, -0.25) is 14.7 Å². The lowest BCUT2D eigenvalue weighted by molar-refractivity contribution is 0.0497. The third kappa shape index (κ3) is 7.07. The van der Waals surface area contributed by atoms with E-state index in [4.69, 9.17) is 23.2 Å². The summed E-state index contributed by atoms with van der Waals surface area (Å²) >= 11 is 12.2. The number of likely N-dealkylation sites (tertiary alicyclic amines) is 2. The zero-order valence-corrected chi connectivity index (χ0v) is 22.9. The Bertz CT molecular complexity index is 1150. The van der Waals surface area contributed by atoms with E-state index < -0.39 is 0 Å². The Labute approximate surface area is 225 Å². The van der Waals surface area contributed by atoms with Crippen LogP contribution in [0, 0.1) is 11.8 Å². The predicted octanol–water partition coefficient (Wildman–Crippen LogP) is 7.03. The molecule has 2 saturated heterocycles. The van der Waals surface area contributed by atoms with Crippen LogP contribution in [-0.4, -0.2) is 60.3 Å². The number of carbonyl (C=O) groups is 1. The fourth-order valence-corrected chi connectivity index (χ4v) is 5.99. The average Bonchev–Trinajstić information content (AvgIpc) is 2.91. The minimum Gasteiger partial charge on any atom is -0.306 e. The number of halogens is 2. The molecule has 0 saturated carbocycles. The standard InChI is InChI=1S/C20H30Cl2N2.C10H7NO/c1-3-16-14-24(18-7-9-23(2)10-8-18)11-6-17(16)12-15-4-5-19(21)20(22)13-15;12-7-8-3-4-10-9(6-8)2-1-5-11-10/h4-5,13,16-18H,3,6-12,14H2,1-2H3;1-7H. The van der Waals surface area contributed by atoms with Gasteiger partial charge in [-0.2, -0.15) is 0 Å². The van der Waals surface area contributed by atoms with Gasteiger partial charge in [-0.15, -0.1) is 0 Å². The summed E-state index contributed by atoms with van der Waals surface area (Å²) in [5.41, 5.74) is 2.94. The van der Waals surface area contributed by atoms with Gasteiger partial charge in [0.25, 0.3) is 0 Å². The Balaban J connectivity index is 0.000000211. The van der Waals surface area contributed by atoms with Crippen LogP contribution in [0.2, 0.25) is 10.0 Å². The maximum Gasteiger partial charge on any atom is 0.150 e. The maximum absolute atomic E-state index is 10.4. The highest BCUT2D eigenvalue weighted by molar-refractivity contribution is 6.42. The molecule has 192 valence electrons. The Morgan fingerprint density at radius 1 is 0.972 bits per heavy atom. The van der Waals surface area contributed by atoms with Crippen LogP contribution in [0.3, 0.4) is 0 Å². The SMILES string of the molecule is CCC1CN(C2CCN(C)CC2)CCC1Cc1ccc(Cl)c(Cl)c1.O=Cc1ccc2ncccc2c1. The van der Waals surface area contributed by atoms with Crippen molar-refractivity contribution in [2.75, 3.05) is 33.2 Å². The molecule has 1 aromatic heterocycles. The quantitative estimate of drug-likeness (QED) is 0.335. The summed E-state index contributed by atoms with van der Waals surface area (Å²) in [4.78, 5) is 19.8. The largest absolute Gasteiger partial charge is 0.306 e. The Morgan fingerprint density at radius 3 is 2.50 bits per heavy atom. The van der Waals surface area contributed by atoms with Crippen LogP contribution >= 0.6 is 23.2 Å². The molecule has 2 aliphatic heterocycles. The molecular weight excluding hydrogens is 489 g/mol. The number of rotatable bonds is 5. The number of fused-ring (bicyclic) bond motifs is 1. The second kappa shape index (κ2) is 13.0. The molecule has 0 bridgehead atoms. The van der Waals surface area contributed by atoms with Crippen LogP contribution in [-0.2, 0) is 6.42 Å². The lowest BCUT2D eigenvalue weighted by Gasteiger charge is -2.44. The van der Waals surface area contributed by atoms with Gasteiger partial charge in [0.2, 0.25) is 0 Å². The number of piperidine rings is 2. The van der Waals surface area contributed by atoms with Crippen molar-refractivity contribution in [3.63, 3.8) is 0 Å². The first-order valence-corrected chi connectivity index (χ1v) is 13.9. The van der Waals surface area contributed by atoms with Crippen LogP contribution in [0.1, 0.15) is 48.5 Å². The molecule has 6 heteroatoms. The number of hydrogen-bond acceptors (Lipinski definition) is 4. The van der Waals surface area contributed by atoms with E-state index in [9.17, 15) is 4.79 Å². The number of carbonyl (C=O) groups excluding carboxylic acids is 1. The number of aromatic nitrogens is 1. The van der Waals surface area contributed by atoms with Crippen molar-refractivity contribution in [1.29, 1.82) is 0 Å². The first-order valence-electron chi connectivity index (χ1n) is 13.1. The summed E-state index contributed by atoms with van der Waals surface area (Å²) in [6.45, 7) is 7.40. The van der Waals surface area contributed by atoms with Gasteiger partial charge in [0, 0.05) is 29.7 Å². The molecule has 5 rings (SSSR count). The Morgan fingerprint density at radius 2 is 1.78 bits per heavy atom. The number of hydrogen-bond donors (Lipinski definition) is 0. The van der Waals surface area contributed by atoms with Crippen molar-refractivity contribution in [3.8, 4) is 0 Å². The van der Waals surface area contributed by atoms with E-state index in [0.29, 0.717) is 15.6 Å². The van der Waals surface area contributed by atoms with Crippen molar-refractivity contribution in [2.24, 2.45) is 11.8 Å². The van der Waals surface area contributed by atoms with Crippen LogP contribution < -0.4 is 0 Å². The molecular formula is C30H37Cl2N3O. The van der Waals surface area contributed by atoms with E-state index in [-0.39, 0.29) is 0 Å². The molecule has 3 aromatic rings. The molecule has 0 amide bonds. The average molecular weight is 527 g/mol. The molecule has 2 aromatic carbocycles. The number of nitrogens with zero attached hydrogens (tertiary/aromatic N) is 3. The number of aldehydes is 1. The summed E-state index contributed by atoms with van der Waals surface area (Å²) in [5, 5.41) is 2.35. The smallest absolute Gasteiger partial charge is 0.150 e. The van der Waals surface area contributed by atoms with Crippen molar-refractivity contribution in [1.82, 2.24) is 14.8 Å². The summed E-state index contributed by atoms with van der Waals surface area (Å²) in [5.74, 6) is 1.57. The van der Waals surface area contributed by atoms with Gasteiger partial charge in [-0.1, -0.05) is 48.7 Å². The van der Waals surface area contributed by atoms with E-state index >= 15 is 0 Å². The predicted molar refractivity (Wildman–Crippen MR) is 151 cm³/mol. The van der Waals surface area contributed by atoms with Crippen molar-refractivity contribution >= 4 is 40.4 Å². The molecule has 36 heavy (non-hydrogen) atoms. The topological polar surface area (TPSA) is 36.4 Å². The molecule has 4 nitrogen and oxygen atoms in total. The summed E-state index contributed by atoms with van der Waals surface area (Å²) in [6, 6.07) is 16.2. The zero-order chi connectivity index (χ0) is 25.5. The second-order valence-electron chi connectivity index (χ2n) is 10.3. The van der Waals surface area contributed by atoms with E-state index in [2.05, 4.69) is 40.9 Å². The van der Waals surface area contributed by atoms with Crippen LogP contribution in [0.25, 0.3) is 10.9 Å². The van der Waals surface area contributed by atoms with Gasteiger partial charge >= 0.3 is 0 Å². The second-order valence-corrected chi connectivity index (χ2v) is 11.1. The highest BCUT2D eigenvalue weighted by atomic mass is 35.5. The number of benzene rings is 2. The number of pyridine rings is 1. The molecule has 0 aliphatic carbocycles. The van der Waals surface area contributed by atoms with Gasteiger partial charge in [-0.05, 0) is 106 Å². The molecule has 2 atom stereocenters. The molecule has 3 heterocycles. The van der Waals surface area contributed by atoms with Crippen molar-refractivity contribution < 1.29 is 4.79 Å². The lowest BCUT2D eigenvalue weighted by atomic mass is 9.79. The van der Waals surface area contributed by atoms with E-state index in [0.717, 1.165) is 41.5 Å². The van der Waals surface area contributed by atoms with Gasteiger partial charge in [-0.25, -0.2) is 0 Å². The lowest BCUT2D eigenvalue weighted by Crippen LogP contribution is -2.50. The Hall–Kier alpha value is -1.98. The fraction of sp³-hybridized carbons (Fsp3) is 0.467. The van der Waals surface area contributed by atoms with Crippen molar-refractivity contribution in [3.05, 3.63) is 75.9 Å². The third-order valence-electron chi connectivity index (χ3n) is 7.90. The van der Waals surface area contributed by atoms with Gasteiger partial charge < -0.3 is 4.90 Å². The van der Waals surface area contributed by atoms with E-state index in [1.54, 1.807) is 12.3 Å². The van der Waals surface area contributed by atoms with Crippen LogP contribution in [0.5, 0.6) is 0 Å². The fourth-order valence-electron chi connectivity index (χ4n) is 5.67. The van der Waals surface area contributed by atoms with Crippen LogP contribution in [0.4, 0.5) is 0 Å². The first-order chi connectivity index (χ1) is 17.5. The van der Waals surface area contributed by atoms with Gasteiger partial charge in [0.15, 0.2) is 0 Å². The first kappa shape index (κ1) is 27.1. The van der Waals surface area contributed by atoms with Crippen LogP contribution in [0.15, 0.2) is 54.7 Å². The normalized spacial score (nSPS) is 21.7. The molecule has 2 fully saturated rings. The highest BCUT2D eigenvalue weighted by Gasteiger charge is 2.32. The summed E-state index contributed by atoms with van der Waals surface area (Å²) in [6.07, 6.45) is 8.97. The molecule has 0 spiro atoms. The Kier molecular flexibility index (Phi) is 9.78. The van der Waals surface area contributed by atoms with E-state index in [1.807, 2.05) is 30.3 Å². The van der Waals surface area contributed by atoms with Crippen molar-refractivity contribution in [2.45, 2.75) is 45.1 Å². The summed E-state index contributed by atoms with van der Waals surface area (Å²) in [7, 11) is 2.24. The van der Waals surface area contributed by atoms with Gasteiger partial charge in [0.05, 0.1) is 15.6 Å². The third-order valence-corrected chi connectivity index (χ3v) is 8.64. The minimum absolute atomic E-state index is 0.657. The maximum atomic E-state index is 10.4. The molecule has 2 unspecified atom stereocenters.